The summed E-state index contributed by atoms with van der Waals surface area (Å²) < 4.78 is 0.704. The first-order chi connectivity index (χ1) is 10.7. The van der Waals surface area contributed by atoms with E-state index in [1.54, 1.807) is 18.3 Å². The molecule has 1 aromatic heterocycles. The number of hydrogen-bond donors (Lipinski definition) is 1. The van der Waals surface area contributed by atoms with Crippen molar-refractivity contribution in [1.29, 1.82) is 5.26 Å². The van der Waals surface area contributed by atoms with Crippen LogP contribution in [-0.4, -0.2) is 17.4 Å². The van der Waals surface area contributed by atoms with Crippen LogP contribution in [0.5, 0.6) is 0 Å². The number of nitriles is 1. The minimum Gasteiger partial charge on any atom is -0.351 e. The fraction of sp³-hybridized carbons (Fsp3) is 0.118. The highest BCUT2D eigenvalue weighted by Crippen LogP contribution is 2.10. The molecule has 0 fully saturated rings. The monoisotopic (exact) mass is 355 g/mol. The lowest BCUT2D eigenvalue weighted by Crippen LogP contribution is -2.26. The Morgan fingerprint density at radius 2 is 2.05 bits per heavy atom. The van der Waals surface area contributed by atoms with E-state index < -0.39 is 0 Å². The van der Waals surface area contributed by atoms with Gasteiger partial charge >= 0.3 is 0 Å². The second kappa shape index (κ2) is 8.11. The average Bonchev–Trinajstić information content (AvgIpc) is 2.55. The molecule has 2 aromatic rings. The van der Waals surface area contributed by atoms with Crippen molar-refractivity contribution in [3.8, 4) is 6.07 Å². The van der Waals surface area contributed by atoms with Crippen molar-refractivity contribution in [1.82, 2.24) is 10.3 Å². The molecule has 1 N–H and O–H groups in total. The van der Waals surface area contributed by atoms with Crippen molar-refractivity contribution < 1.29 is 4.79 Å². The maximum absolute atomic E-state index is 12.0. The van der Waals surface area contributed by atoms with Gasteiger partial charge in [0.15, 0.2) is 0 Å². The van der Waals surface area contributed by atoms with E-state index in [0.29, 0.717) is 16.7 Å². The first kappa shape index (κ1) is 15.9. The molecule has 0 aliphatic carbocycles. The fourth-order valence-corrected chi connectivity index (χ4v) is 2.08. The van der Waals surface area contributed by atoms with E-state index in [2.05, 4.69) is 26.2 Å². The molecule has 0 aliphatic heterocycles. The molecule has 110 valence electrons. The van der Waals surface area contributed by atoms with E-state index in [9.17, 15) is 4.79 Å². The van der Waals surface area contributed by atoms with E-state index in [1.807, 2.05) is 36.4 Å². The second-order valence-electron chi connectivity index (χ2n) is 4.58. The summed E-state index contributed by atoms with van der Waals surface area (Å²) in [6.07, 6.45) is 3.85. The van der Waals surface area contributed by atoms with Crippen LogP contribution in [0, 0.1) is 11.3 Å². The highest BCUT2D eigenvalue weighted by Gasteiger charge is 2.08. The van der Waals surface area contributed by atoms with Crippen LogP contribution in [0.3, 0.4) is 0 Å². The Labute approximate surface area is 137 Å². The van der Waals surface area contributed by atoms with Gasteiger partial charge in [0.1, 0.15) is 16.2 Å². The molecule has 1 aromatic carbocycles. The van der Waals surface area contributed by atoms with Gasteiger partial charge in [-0.05, 0) is 45.6 Å². The lowest BCUT2D eigenvalue weighted by molar-refractivity contribution is -0.117. The Hall–Kier alpha value is -2.45. The molecule has 5 heteroatoms. The number of hydrogen-bond acceptors (Lipinski definition) is 3. The van der Waals surface area contributed by atoms with E-state index in [0.717, 1.165) is 12.0 Å². The predicted octanol–water partition coefficient (Wildman–Crippen LogP) is 3.11. The molecule has 0 saturated heterocycles. The van der Waals surface area contributed by atoms with Crippen molar-refractivity contribution in [2.45, 2.75) is 6.42 Å². The summed E-state index contributed by atoms with van der Waals surface area (Å²) in [4.78, 5) is 16.1. The van der Waals surface area contributed by atoms with Gasteiger partial charge in [0.25, 0.3) is 5.91 Å². The molecule has 1 amide bonds. The number of aromatic nitrogens is 1. The smallest absolute Gasteiger partial charge is 0.261 e. The van der Waals surface area contributed by atoms with Gasteiger partial charge in [-0.25, -0.2) is 4.98 Å². The van der Waals surface area contributed by atoms with Crippen LogP contribution in [-0.2, 0) is 11.2 Å². The van der Waals surface area contributed by atoms with Crippen LogP contribution in [0.25, 0.3) is 6.08 Å². The number of nitrogens with zero attached hydrogens (tertiary/aromatic N) is 2. The molecular weight excluding hydrogens is 342 g/mol. The van der Waals surface area contributed by atoms with Crippen molar-refractivity contribution in [2.24, 2.45) is 0 Å². The van der Waals surface area contributed by atoms with Crippen molar-refractivity contribution in [3.05, 3.63) is 70.0 Å². The summed E-state index contributed by atoms with van der Waals surface area (Å²) in [5.74, 6) is -0.374. The third-order valence-corrected chi connectivity index (χ3v) is 3.44. The second-order valence-corrected chi connectivity index (χ2v) is 5.39. The first-order valence-electron chi connectivity index (χ1n) is 6.74. The zero-order valence-corrected chi connectivity index (χ0v) is 13.4. The van der Waals surface area contributed by atoms with Crippen LogP contribution in [0.2, 0.25) is 0 Å². The Kier molecular flexibility index (Phi) is 5.87. The molecule has 0 aliphatic rings. The number of benzene rings is 1. The number of nitrogens with one attached hydrogen (secondary N) is 1. The number of pyridine rings is 1. The van der Waals surface area contributed by atoms with Gasteiger partial charge in [-0.15, -0.1) is 0 Å². The van der Waals surface area contributed by atoms with Crippen molar-refractivity contribution in [3.63, 3.8) is 0 Å². The molecule has 0 saturated carbocycles. The van der Waals surface area contributed by atoms with E-state index in [-0.39, 0.29) is 11.5 Å². The van der Waals surface area contributed by atoms with Gasteiger partial charge in [-0.3, -0.25) is 4.79 Å². The van der Waals surface area contributed by atoms with Gasteiger partial charge in [0.2, 0.25) is 0 Å². The molecule has 0 bridgehead atoms. The van der Waals surface area contributed by atoms with E-state index in [4.69, 9.17) is 5.26 Å². The number of amides is 1. The van der Waals surface area contributed by atoms with Crippen molar-refractivity contribution in [2.75, 3.05) is 6.54 Å². The highest BCUT2D eigenvalue weighted by atomic mass is 79.9. The molecule has 0 spiro atoms. The first-order valence-corrected chi connectivity index (χ1v) is 7.54. The van der Waals surface area contributed by atoms with E-state index >= 15 is 0 Å². The third kappa shape index (κ3) is 4.83. The van der Waals surface area contributed by atoms with Gasteiger partial charge in [0.05, 0.1) is 0 Å². The quantitative estimate of drug-likeness (QED) is 0.509. The SMILES string of the molecule is N#C/C(=C\c1ccc(Br)nc1)C(=O)NCCc1ccccc1. The third-order valence-electron chi connectivity index (χ3n) is 2.97. The van der Waals surface area contributed by atoms with Gasteiger partial charge in [0, 0.05) is 12.7 Å². The molecule has 0 unspecified atom stereocenters. The van der Waals surface area contributed by atoms with Crippen LogP contribution in [0.4, 0.5) is 0 Å². The number of rotatable bonds is 5. The van der Waals surface area contributed by atoms with Crippen LogP contribution in [0.1, 0.15) is 11.1 Å². The van der Waals surface area contributed by atoms with Crippen LogP contribution in [0.15, 0.2) is 58.8 Å². The largest absolute Gasteiger partial charge is 0.351 e. The zero-order valence-electron chi connectivity index (χ0n) is 11.8. The minimum absolute atomic E-state index is 0.0668. The summed E-state index contributed by atoms with van der Waals surface area (Å²) in [7, 11) is 0. The molecule has 4 nitrogen and oxygen atoms in total. The number of halogens is 1. The maximum Gasteiger partial charge on any atom is 0.261 e. The minimum atomic E-state index is -0.374. The Morgan fingerprint density at radius 1 is 1.27 bits per heavy atom. The van der Waals surface area contributed by atoms with Crippen molar-refractivity contribution >= 4 is 27.9 Å². The van der Waals surface area contributed by atoms with Crippen LogP contribution >= 0.6 is 15.9 Å². The predicted molar refractivity (Wildman–Crippen MR) is 88.7 cm³/mol. The summed E-state index contributed by atoms with van der Waals surface area (Å²) in [6.45, 7) is 0.487. The zero-order chi connectivity index (χ0) is 15.8. The molecule has 22 heavy (non-hydrogen) atoms. The molecule has 1 heterocycles. The summed E-state index contributed by atoms with van der Waals surface area (Å²) in [5.41, 5.74) is 1.91. The average molecular weight is 356 g/mol. The molecular formula is C17H14BrN3O. The van der Waals surface area contributed by atoms with Gasteiger partial charge < -0.3 is 5.32 Å². The lowest BCUT2D eigenvalue weighted by Gasteiger charge is -2.04. The molecule has 0 atom stereocenters. The van der Waals surface area contributed by atoms with Gasteiger partial charge in [-0.1, -0.05) is 36.4 Å². The topological polar surface area (TPSA) is 65.8 Å². The van der Waals surface area contributed by atoms with E-state index in [1.165, 1.54) is 6.08 Å². The molecule has 0 radical (unpaired) electrons. The summed E-state index contributed by atoms with van der Waals surface area (Å²) in [6, 6.07) is 15.3. The highest BCUT2D eigenvalue weighted by molar-refractivity contribution is 9.10. The Morgan fingerprint density at radius 3 is 2.68 bits per heavy atom. The number of carbonyl (C=O) groups is 1. The molecule has 2 rings (SSSR count). The normalized spacial score (nSPS) is 10.8. The van der Waals surface area contributed by atoms with Crippen LogP contribution < -0.4 is 5.32 Å². The standard InChI is InChI=1S/C17H14BrN3O/c18-16-7-6-14(12-21-16)10-15(11-19)17(22)20-9-8-13-4-2-1-3-5-13/h1-7,10,12H,8-9H2,(H,20,22)/b15-10+. The lowest BCUT2D eigenvalue weighted by atomic mass is 10.1. The maximum atomic E-state index is 12.0. The summed E-state index contributed by atoms with van der Waals surface area (Å²) in [5, 5.41) is 11.9. The Bertz CT molecular complexity index is 703. The number of carbonyl (C=O) groups excluding carboxylic acids is 1. The van der Waals surface area contributed by atoms with Gasteiger partial charge in [-0.2, -0.15) is 5.26 Å². The Balaban J connectivity index is 1.94. The summed E-state index contributed by atoms with van der Waals surface area (Å²) >= 11 is 3.24. The fourth-order valence-electron chi connectivity index (χ4n) is 1.85.